The number of hydrogen-bond donors (Lipinski definition) is 1. The third kappa shape index (κ3) is 3.04. The zero-order valence-electron chi connectivity index (χ0n) is 11.4. The number of hydrogen-bond acceptors (Lipinski definition) is 4. The zero-order valence-corrected chi connectivity index (χ0v) is 12.9. The molecule has 2 N–H and O–H groups in total. The summed E-state index contributed by atoms with van der Waals surface area (Å²) in [6.45, 7) is 6.06. The van der Waals surface area contributed by atoms with Crippen LogP contribution in [0.4, 0.5) is 0 Å². The normalized spacial score (nSPS) is 14.4. The number of nitrogens with zero attached hydrogens (tertiary/aromatic N) is 2. The van der Waals surface area contributed by atoms with Gasteiger partial charge in [0.25, 0.3) is 0 Å². The third-order valence-electron chi connectivity index (χ3n) is 3.26. The van der Waals surface area contributed by atoms with Gasteiger partial charge >= 0.3 is 0 Å². The Morgan fingerprint density at radius 3 is 2.74 bits per heavy atom. The molecule has 1 heterocycles. The fourth-order valence-corrected chi connectivity index (χ4v) is 2.62. The van der Waals surface area contributed by atoms with E-state index in [2.05, 4.69) is 33.0 Å². The molecule has 0 radical (unpaired) electrons. The number of aryl methyl sites for hydroxylation is 1. The molecule has 0 amide bonds. The highest BCUT2D eigenvalue weighted by atomic mass is 79.9. The van der Waals surface area contributed by atoms with Crippen LogP contribution >= 0.6 is 15.9 Å². The number of aromatic nitrogens is 2. The third-order valence-corrected chi connectivity index (χ3v) is 3.76. The van der Waals surface area contributed by atoms with Gasteiger partial charge in [0, 0.05) is 16.1 Å². The molecule has 5 heteroatoms. The van der Waals surface area contributed by atoms with Gasteiger partial charge in [-0.2, -0.15) is 4.98 Å². The molecule has 102 valence electrons. The van der Waals surface area contributed by atoms with Crippen LogP contribution in [0.1, 0.15) is 37.6 Å². The van der Waals surface area contributed by atoms with E-state index in [0.717, 1.165) is 22.0 Å². The SMILES string of the molecule is CCC(c1nc(-c2ccc(Br)cc2C)no1)C(C)N. The first-order valence-corrected chi connectivity index (χ1v) is 7.18. The molecule has 4 nitrogen and oxygen atoms in total. The molecule has 0 saturated carbocycles. The number of rotatable bonds is 4. The van der Waals surface area contributed by atoms with E-state index >= 15 is 0 Å². The molecule has 2 unspecified atom stereocenters. The van der Waals surface area contributed by atoms with Gasteiger partial charge in [-0.15, -0.1) is 0 Å². The van der Waals surface area contributed by atoms with Crippen LogP contribution in [0.25, 0.3) is 11.4 Å². The second-order valence-corrected chi connectivity index (χ2v) is 5.70. The Balaban J connectivity index is 2.35. The number of benzene rings is 1. The van der Waals surface area contributed by atoms with Gasteiger partial charge in [0.05, 0.1) is 5.92 Å². The monoisotopic (exact) mass is 323 g/mol. The predicted molar refractivity (Wildman–Crippen MR) is 78.9 cm³/mol. The van der Waals surface area contributed by atoms with Crippen molar-refractivity contribution in [3.05, 3.63) is 34.1 Å². The zero-order chi connectivity index (χ0) is 14.0. The van der Waals surface area contributed by atoms with Crippen molar-refractivity contribution < 1.29 is 4.52 Å². The minimum absolute atomic E-state index is 0.00400. The lowest BCUT2D eigenvalue weighted by Gasteiger charge is -2.13. The highest BCUT2D eigenvalue weighted by molar-refractivity contribution is 9.10. The standard InChI is InChI=1S/C14H18BrN3O/c1-4-11(9(3)16)14-17-13(18-19-14)12-6-5-10(15)7-8(12)2/h5-7,9,11H,4,16H2,1-3H3. The maximum atomic E-state index is 5.94. The van der Waals surface area contributed by atoms with E-state index in [1.54, 1.807) is 0 Å². The van der Waals surface area contributed by atoms with Crippen molar-refractivity contribution >= 4 is 15.9 Å². The van der Waals surface area contributed by atoms with Crippen LogP contribution in [0.2, 0.25) is 0 Å². The molecular formula is C14H18BrN3O. The summed E-state index contributed by atoms with van der Waals surface area (Å²) in [6, 6.07) is 6.00. The van der Waals surface area contributed by atoms with Gasteiger partial charge in [0.15, 0.2) is 0 Å². The molecule has 2 rings (SSSR count). The summed E-state index contributed by atoms with van der Waals surface area (Å²) in [5.41, 5.74) is 8.03. The Hall–Kier alpha value is -1.20. The van der Waals surface area contributed by atoms with E-state index in [1.165, 1.54) is 0 Å². The Morgan fingerprint density at radius 1 is 1.42 bits per heavy atom. The van der Waals surface area contributed by atoms with Gasteiger partial charge in [-0.1, -0.05) is 28.0 Å². The van der Waals surface area contributed by atoms with Crippen LogP contribution < -0.4 is 5.73 Å². The Kier molecular flexibility index (Phi) is 4.37. The summed E-state index contributed by atoms with van der Waals surface area (Å²) in [6.07, 6.45) is 0.888. The summed E-state index contributed by atoms with van der Waals surface area (Å²) < 4.78 is 6.41. The molecule has 0 aliphatic rings. The van der Waals surface area contributed by atoms with Gasteiger partial charge in [0.1, 0.15) is 0 Å². The molecule has 1 aromatic heterocycles. The van der Waals surface area contributed by atoms with E-state index in [-0.39, 0.29) is 12.0 Å². The average Bonchev–Trinajstić information content (AvgIpc) is 2.78. The van der Waals surface area contributed by atoms with Crippen molar-refractivity contribution in [2.24, 2.45) is 5.73 Å². The van der Waals surface area contributed by atoms with Gasteiger partial charge in [-0.3, -0.25) is 0 Å². The van der Waals surface area contributed by atoms with E-state index in [4.69, 9.17) is 10.3 Å². The molecular weight excluding hydrogens is 306 g/mol. The van der Waals surface area contributed by atoms with E-state index < -0.39 is 0 Å². The van der Waals surface area contributed by atoms with Crippen molar-refractivity contribution in [3.8, 4) is 11.4 Å². The second-order valence-electron chi connectivity index (χ2n) is 4.79. The van der Waals surface area contributed by atoms with Crippen molar-refractivity contribution in [3.63, 3.8) is 0 Å². The molecule has 19 heavy (non-hydrogen) atoms. The first-order chi connectivity index (χ1) is 9.02. The van der Waals surface area contributed by atoms with Crippen LogP contribution in [0.5, 0.6) is 0 Å². The summed E-state index contributed by atoms with van der Waals surface area (Å²) in [7, 11) is 0. The predicted octanol–water partition coefficient (Wildman–Crippen LogP) is 3.65. The lowest BCUT2D eigenvalue weighted by Crippen LogP contribution is -2.24. The quantitative estimate of drug-likeness (QED) is 0.932. The van der Waals surface area contributed by atoms with E-state index in [0.29, 0.717) is 11.7 Å². The summed E-state index contributed by atoms with van der Waals surface area (Å²) in [5, 5.41) is 4.07. The second kappa shape index (κ2) is 5.84. The summed E-state index contributed by atoms with van der Waals surface area (Å²) in [5.74, 6) is 1.35. The van der Waals surface area contributed by atoms with Crippen LogP contribution in [-0.2, 0) is 0 Å². The van der Waals surface area contributed by atoms with Crippen LogP contribution in [-0.4, -0.2) is 16.2 Å². The van der Waals surface area contributed by atoms with Gasteiger partial charge < -0.3 is 10.3 Å². The van der Waals surface area contributed by atoms with Crippen molar-refractivity contribution in [1.29, 1.82) is 0 Å². The van der Waals surface area contributed by atoms with Crippen molar-refractivity contribution in [2.45, 2.75) is 39.2 Å². The first kappa shape index (κ1) is 14.2. The molecule has 0 fully saturated rings. The smallest absolute Gasteiger partial charge is 0.231 e. The van der Waals surface area contributed by atoms with Crippen LogP contribution in [0, 0.1) is 6.92 Å². The maximum absolute atomic E-state index is 5.94. The molecule has 0 saturated heterocycles. The first-order valence-electron chi connectivity index (χ1n) is 6.38. The highest BCUT2D eigenvalue weighted by Gasteiger charge is 2.21. The van der Waals surface area contributed by atoms with E-state index in [1.807, 2.05) is 32.0 Å². The fourth-order valence-electron chi connectivity index (χ4n) is 2.14. The minimum atomic E-state index is 0.00400. The van der Waals surface area contributed by atoms with Gasteiger partial charge in [0.2, 0.25) is 11.7 Å². The van der Waals surface area contributed by atoms with E-state index in [9.17, 15) is 0 Å². The Morgan fingerprint density at radius 2 is 2.16 bits per heavy atom. The molecule has 0 aliphatic carbocycles. The largest absolute Gasteiger partial charge is 0.339 e. The Labute approximate surface area is 121 Å². The summed E-state index contributed by atoms with van der Waals surface area (Å²) >= 11 is 3.45. The number of halogens is 1. The molecule has 1 aromatic carbocycles. The summed E-state index contributed by atoms with van der Waals surface area (Å²) in [4.78, 5) is 4.49. The molecule has 0 aliphatic heterocycles. The van der Waals surface area contributed by atoms with Crippen LogP contribution in [0.15, 0.2) is 27.2 Å². The average molecular weight is 324 g/mol. The van der Waals surface area contributed by atoms with Crippen molar-refractivity contribution in [1.82, 2.24) is 10.1 Å². The Bertz CT molecular complexity index is 566. The molecule has 0 spiro atoms. The molecule has 0 bridgehead atoms. The fraction of sp³-hybridized carbons (Fsp3) is 0.429. The van der Waals surface area contributed by atoms with Crippen LogP contribution in [0.3, 0.4) is 0 Å². The molecule has 2 aromatic rings. The number of nitrogens with two attached hydrogens (primary N) is 1. The lowest BCUT2D eigenvalue weighted by atomic mass is 9.99. The lowest BCUT2D eigenvalue weighted by molar-refractivity contribution is 0.334. The molecule has 2 atom stereocenters. The highest BCUT2D eigenvalue weighted by Crippen LogP contribution is 2.27. The van der Waals surface area contributed by atoms with Gasteiger partial charge in [-0.05, 0) is 44.0 Å². The topological polar surface area (TPSA) is 64.9 Å². The minimum Gasteiger partial charge on any atom is -0.339 e. The maximum Gasteiger partial charge on any atom is 0.231 e. The van der Waals surface area contributed by atoms with Gasteiger partial charge in [-0.25, -0.2) is 0 Å². The van der Waals surface area contributed by atoms with Crippen molar-refractivity contribution in [2.75, 3.05) is 0 Å².